The Hall–Kier alpha value is -1.13. The van der Waals surface area contributed by atoms with E-state index in [1.807, 2.05) is 19.1 Å². The average Bonchev–Trinajstić information content (AvgIpc) is 2.36. The number of ether oxygens (including phenoxy) is 2. The number of rotatable bonds is 7. The lowest BCUT2D eigenvalue weighted by Crippen LogP contribution is -2.05. The van der Waals surface area contributed by atoms with Gasteiger partial charge in [-0.1, -0.05) is 12.2 Å². The van der Waals surface area contributed by atoms with Crippen LogP contribution in [0.2, 0.25) is 0 Å². The lowest BCUT2D eigenvalue weighted by molar-refractivity contribution is 0.390. The van der Waals surface area contributed by atoms with Gasteiger partial charge in [0.05, 0.1) is 19.1 Å². The van der Waals surface area contributed by atoms with E-state index in [1.54, 1.807) is 26.0 Å². The molecule has 4 heteroatoms. The molecule has 0 fully saturated rings. The summed E-state index contributed by atoms with van der Waals surface area (Å²) in [6, 6.07) is 4.02. The third-order valence-electron chi connectivity index (χ3n) is 2.45. The predicted molar refractivity (Wildman–Crippen MR) is 77.8 cm³/mol. The van der Waals surface area contributed by atoms with Crippen molar-refractivity contribution in [2.24, 2.45) is 5.73 Å². The third kappa shape index (κ3) is 3.96. The quantitative estimate of drug-likeness (QED) is 0.609. The maximum atomic E-state index is 5.60. The molecule has 0 aliphatic rings. The monoisotopic (exact) mass is 267 g/mol. The molecule has 0 radical (unpaired) electrons. The van der Waals surface area contributed by atoms with Gasteiger partial charge in [-0.05, 0) is 37.6 Å². The summed E-state index contributed by atoms with van der Waals surface area (Å²) in [5.74, 6) is 2.60. The molecule has 0 aliphatic carbocycles. The van der Waals surface area contributed by atoms with Crippen molar-refractivity contribution in [3.8, 4) is 11.5 Å². The number of methoxy groups -OCH3 is 2. The Balaban J connectivity index is 3.04. The van der Waals surface area contributed by atoms with Gasteiger partial charge in [-0.25, -0.2) is 0 Å². The fraction of sp³-hybridized carbons (Fsp3) is 0.429. The Bertz CT molecular complexity index is 419. The van der Waals surface area contributed by atoms with Crippen molar-refractivity contribution in [2.75, 3.05) is 26.5 Å². The zero-order valence-corrected chi connectivity index (χ0v) is 12.1. The summed E-state index contributed by atoms with van der Waals surface area (Å²) in [5, 5.41) is 0. The highest BCUT2D eigenvalue weighted by Crippen LogP contribution is 2.36. The summed E-state index contributed by atoms with van der Waals surface area (Å²) >= 11 is 1.70. The molecule has 1 rings (SSSR count). The SMILES string of the molecule is C=C(C)CSc1cc(OC)c(CCN)cc1OC. The minimum absolute atomic E-state index is 0.595. The van der Waals surface area contributed by atoms with Crippen molar-refractivity contribution in [3.05, 3.63) is 29.8 Å². The first-order valence-corrected chi connectivity index (χ1v) is 6.83. The predicted octanol–water partition coefficient (Wildman–Crippen LogP) is 2.87. The summed E-state index contributed by atoms with van der Waals surface area (Å²) in [6.07, 6.45) is 0.783. The van der Waals surface area contributed by atoms with Crippen molar-refractivity contribution in [1.29, 1.82) is 0 Å². The molecule has 18 heavy (non-hydrogen) atoms. The first-order valence-electron chi connectivity index (χ1n) is 5.84. The van der Waals surface area contributed by atoms with Gasteiger partial charge in [0.25, 0.3) is 0 Å². The molecule has 0 bridgehead atoms. The molecule has 0 saturated carbocycles. The molecule has 0 spiro atoms. The van der Waals surface area contributed by atoms with Crippen LogP contribution in [0.4, 0.5) is 0 Å². The van der Waals surface area contributed by atoms with Crippen molar-refractivity contribution < 1.29 is 9.47 Å². The van der Waals surface area contributed by atoms with E-state index in [1.165, 1.54) is 0 Å². The van der Waals surface area contributed by atoms with Crippen LogP contribution in [0.1, 0.15) is 12.5 Å². The van der Waals surface area contributed by atoms with Crippen LogP contribution < -0.4 is 15.2 Å². The smallest absolute Gasteiger partial charge is 0.132 e. The number of nitrogens with two attached hydrogens (primary N) is 1. The molecule has 100 valence electrons. The van der Waals surface area contributed by atoms with E-state index >= 15 is 0 Å². The Morgan fingerprint density at radius 1 is 1.28 bits per heavy atom. The first kappa shape index (κ1) is 14.9. The van der Waals surface area contributed by atoms with Crippen LogP contribution in [0.3, 0.4) is 0 Å². The summed E-state index contributed by atoms with van der Waals surface area (Å²) in [5.41, 5.74) is 7.81. The van der Waals surface area contributed by atoms with Crippen LogP contribution >= 0.6 is 11.8 Å². The number of hydrogen-bond donors (Lipinski definition) is 1. The van der Waals surface area contributed by atoms with Crippen molar-refractivity contribution >= 4 is 11.8 Å². The largest absolute Gasteiger partial charge is 0.496 e. The Kier molecular flexibility index (Phi) is 6.09. The molecule has 2 N–H and O–H groups in total. The molecule has 0 heterocycles. The Morgan fingerprint density at radius 3 is 2.44 bits per heavy atom. The maximum absolute atomic E-state index is 5.60. The second kappa shape index (κ2) is 7.34. The van der Waals surface area contributed by atoms with Crippen LogP contribution in [0.5, 0.6) is 11.5 Å². The van der Waals surface area contributed by atoms with Gasteiger partial charge in [0.1, 0.15) is 11.5 Å². The van der Waals surface area contributed by atoms with Crippen LogP contribution in [0.15, 0.2) is 29.2 Å². The van der Waals surface area contributed by atoms with Crippen LogP contribution in [0.25, 0.3) is 0 Å². The van der Waals surface area contributed by atoms with Gasteiger partial charge in [-0.2, -0.15) is 0 Å². The van der Waals surface area contributed by atoms with Gasteiger partial charge in [0, 0.05) is 5.75 Å². The normalized spacial score (nSPS) is 10.2. The molecule has 0 aromatic heterocycles. The van der Waals surface area contributed by atoms with Crippen LogP contribution in [0, 0.1) is 0 Å². The van der Waals surface area contributed by atoms with E-state index in [0.717, 1.165) is 39.7 Å². The van der Waals surface area contributed by atoms with E-state index < -0.39 is 0 Å². The second-order valence-corrected chi connectivity index (χ2v) is 5.12. The molecule has 1 aromatic carbocycles. The van der Waals surface area contributed by atoms with E-state index in [4.69, 9.17) is 15.2 Å². The maximum Gasteiger partial charge on any atom is 0.132 e. The minimum Gasteiger partial charge on any atom is -0.496 e. The molecule has 0 amide bonds. The highest BCUT2D eigenvalue weighted by atomic mass is 32.2. The average molecular weight is 267 g/mol. The molecule has 0 saturated heterocycles. The third-order valence-corrected chi connectivity index (χ3v) is 3.72. The van der Waals surface area contributed by atoms with Crippen molar-refractivity contribution in [3.63, 3.8) is 0 Å². The number of hydrogen-bond acceptors (Lipinski definition) is 4. The van der Waals surface area contributed by atoms with Gasteiger partial charge in [-0.3, -0.25) is 0 Å². The topological polar surface area (TPSA) is 44.5 Å². The van der Waals surface area contributed by atoms with E-state index in [0.29, 0.717) is 6.54 Å². The van der Waals surface area contributed by atoms with Gasteiger partial charge in [0.15, 0.2) is 0 Å². The van der Waals surface area contributed by atoms with Crippen molar-refractivity contribution in [1.82, 2.24) is 0 Å². The Morgan fingerprint density at radius 2 is 1.94 bits per heavy atom. The zero-order chi connectivity index (χ0) is 13.5. The zero-order valence-electron chi connectivity index (χ0n) is 11.3. The first-order chi connectivity index (χ1) is 8.62. The molecular weight excluding hydrogens is 246 g/mol. The van der Waals surface area contributed by atoms with Gasteiger partial charge in [-0.15, -0.1) is 11.8 Å². The van der Waals surface area contributed by atoms with Gasteiger partial charge in [0.2, 0.25) is 0 Å². The molecule has 3 nitrogen and oxygen atoms in total. The number of benzene rings is 1. The standard InChI is InChI=1S/C14H21NO2S/c1-10(2)9-18-14-8-12(16-3)11(5-6-15)7-13(14)17-4/h7-8H,1,5-6,9,15H2,2-4H3. The molecule has 0 aliphatic heterocycles. The summed E-state index contributed by atoms with van der Waals surface area (Å²) < 4.78 is 10.8. The highest BCUT2D eigenvalue weighted by molar-refractivity contribution is 7.99. The summed E-state index contributed by atoms with van der Waals surface area (Å²) in [6.45, 7) is 6.51. The molecular formula is C14H21NO2S. The Labute approximate surface area is 113 Å². The number of thioether (sulfide) groups is 1. The van der Waals surface area contributed by atoms with Crippen LogP contribution in [-0.2, 0) is 6.42 Å². The molecule has 0 unspecified atom stereocenters. The van der Waals surface area contributed by atoms with E-state index in [-0.39, 0.29) is 0 Å². The van der Waals surface area contributed by atoms with E-state index in [2.05, 4.69) is 6.58 Å². The highest BCUT2D eigenvalue weighted by Gasteiger charge is 2.11. The van der Waals surface area contributed by atoms with Gasteiger partial charge >= 0.3 is 0 Å². The lowest BCUT2D eigenvalue weighted by atomic mass is 10.1. The van der Waals surface area contributed by atoms with Crippen LogP contribution in [-0.4, -0.2) is 26.5 Å². The summed E-state index contributed by atoms with van der Waals surface area (Å²) in [7, 11) is 3.36. The fourth-order valence-electron chi connectivity index (χ4n) is 1.60. The molecule has 1 aromatic rings. The van der Waals surface area contributed by atoms with Gasteiger partial charge < -0.3 is 15.2 Å². The lowest BCUT2D eigenvalue weighted by Gasteiger charge is -2.14. The fourth-order valence-corrected chi connectivity index (χ4v) is 2.47. The second-order valence-electron chi connectivity index (χ2n) is 4.10. The minimum atomic E-state index is 0.595. The summed E-state index contributed by atoms with van der Waals surface area (Å²) in [4.78, 5) is 1.07. The molecule has 0 atom stereocenters. The van der Waals surface area contributed by atoms with E-state index in [9.17, 15) is 0 Å². The van der Waals surface area contributed by atoms with Crippen molar-refractivity contribution in [2.45, 2.75) is 18.2 Å².